The number of piperidine rings is 3. The number of hydrogen-bond donors (Lipinski definition) is 1. The van der Waals surface area contributed by atoms with Gasteiger partial charge in [-0.3, -0.25) is 9.80 Å². The minimum atomic E-state index is -0.983. The van der Waals surface area contributed by atoms with Crippen LogP contribution in [0.5, 0.6) is 0 Å². The van der Waals surface area contributed by atoms with Crippen LogP contribution in [0.1, 0.15) is 55.1 Å². The highest BCUT2D eigenvalue weighted by Crippen LogP contribution is 2.32. The predicted octanol–water partition coefficient (Wildman–Crippen LogP) is 4.92. The van der Waals surface area contributed by atoms with Crippen molar-refractivity contribution in [2.24, 2.45) is 5.92 Å². The summed E-state index contributed by atoms with van der Waals surface area (Å²) in [5, 5.41) is 9.36. The van der Waals surface area contributed by atoms with Gasteiger partial charge in [-0.1, -0.05) is 45.0 Å². The molecular formula is C26H32N2O4. The summed E-state index contributed by atoms with van der Waals surface area (Å²) >= 11 is 0. The van der Waals surface area contributed by atoms with Gasteiger partial charge in [0.1, 0.15) is 6.10 Å². The first-order chi connectivity index (χ1) is 15.2. The van der Waals surface area contributed by atoms with Crippen LogP contribution in [0.15, 0.2) is 48.5 Å². The Balaban J connectivity index is 1.62. The Hall–Kier alpha value is -2.86. The fraction of sp³-hybridized carbons (Fsp3) is 0.462. The van der Waals surface area contributed by atoms with Crippen molar-refractivity contribution in [3.8, 4) is 0 Å². The number of carboxylic acids is 1. The van der Waals surface area contributed by atoms with Crippen molar-refractivity contribution in [1.82, 2.24) is 4.90 Å². The van der Waals surface area contributed by atoms with Gasteiger partial charge < -0.3 is 9.84 Å². The molecule has 1 atom stereocenters. The second-order valence-electron chi connectivity index (χ2n) is 9.95. The summed E-state index contributed by atoms with van der Waals surface area (Å²) in [6.45, 7) is 9.61. The summed E-state index contributed by atoms with van der Waals surface area (Å²) in [6.07, 6.45) is 1.66. The zero-order valence-electron chi connectivity index (χ0n) is 19.1. The molecule has 2 aromatic carbocycles. The summed E-state index contributed by atoms with van der Waals surface area (Å²) in [5.41, 5.74) is 2.76. The van der Waals surface area contributed by atoms with Crippen LogP contribution >= 0.6 is 0 Å². The number of nitrogens with zero attached hydrogens (tertiary/aromatic N) is 2. The lowest BCUT2D eigenvalue weighted by Crippen LogP contribution is -2.53. The van der Waals surface area contributed by atoms with E-state index in [0.717, 1.165) is 49.3 Å². The molecule has 3 aliphatic heterocycles. The highest BCUT2D eigenvalue weighted by Gasteiger charge is 2.37. The van der Waals surface area contributed by atoms with E-state index in [2.05, 4.69) is 31.7 Å². The zero-order chi connectivity index (χ0) is 22.9. The molecule has 1 amide bonds. The van der Waals surface area contributed by atoms with Gasteiger partial charge in [0, 0.05) is 12.2 Å². The molecule has 6 nitrogen and oxygen atoms in total. The SMILES string of the molecule is CC(C)(C)c1cccc(N(Cc2cccc(C(=O)O)c2)C(=O)O[C@H]2CN3CCC2CC3)c1. The third kappa shape index (κ3) is 4.96. The highest BCUT2D eigenvalue weighted by atomic mass is 16.6. The molecule has 32 heavy (non-hydrogen) atoms. The molecular weight excluding hydrogens is 404 g/mol. The average molecular weight is 437 g/mol. The number of amides is 1. The lowest BCUT2D eigenvalue weighted by atomic mass is 9.86. The van der Waals surface area contributed by atoms with Crippen molar-refractivity contribution in [3.05, 3.63) is 65.2 Å². The Morgan fingerprint density at radius 1 is 1.09 bits per heavy atom. The number of carbonyl (C=O) groups is 2. The molecule has 0 saturated carbocycles. The molecule has 5 rings (SSSR count). The smallest absolute Gasteiger partial charge is 0.414 e. The number of anilines is 1. The van der Waals surface area contributed by atoms with Gasteiger partial charge in [0.25, 0.3) is 0 Å². The highest BCUT2D eigenvalue weighted by molar-refractivity contribution is 5.89. The van der Waals surface area contributed by atoms with Gasteiger partial charge in [-0.15, -0.1) is 0 Å². The van der Waals surface area contributed by atoms with Gasteiger partial charge in [0.2, 0.25) is 0 Å². The monoisotopic (exact) mass is 436 g/mol. The summed E-state index contributed by atoms with van der Waals surface area (Å²) in [4.78, 5) is 28.9. The van der Waals surface area contributed by atoms with E-state index in [4.69, 9.17) is 4.74 Å². The van der Waals surface area contributed by atoms with E-state index in [9.17, 15) is 14.7 Å². The van der Waals surface area contributed by atoms with Crippen LogP contribution < -0.4 is 4.90 Å². The van der Waals surface area contributed by atoms with Crippen LogP contribution in [0.25, 0.3) is 0 Å². The Morgan fingerprint density at radius 3 is 2.44 bits per heavy atom. The van der Waals surface area contributed by atoms with E-state index >= 15 is 0 Å². The molecule has 3 fully saturated rings. The zero-order valence-corrected chi connectivity index (χ0v) is 19.1. The summed E-state index contributed by atoms with van der Waals surface area (Å²) in [6, 6.07) is 14.7. The minimum Gasteiger partial charge on any atom is -0.478 e. The van der Waals surface area contributed by atoms with Crippen LogP contribution in [-0.2, 0) is 16.7 Å². The molecule has 170 valence electrons. The van der Waals surface area contributed by atoms with Gasteiger partial charge in [-0.05, 0) is 72.7 Å². The average Bonchev–Trinajstić information content (AvgIpc) is 2.78. The number of benzene rings is 2. The van der Waals surface area contributed by atoms with Gasteiger partial charge >= 0.3 is 12.1 Å². The maximum atomic E-state index is 13.4. The first kappa shape index (κ1) is 22.3. The maximum absolute atomic E-state index is 13.4. The molecule has 3 saturated heterocycles. The van der Waals surface area contributed by atoms with Crippen molar-refractivity contribution in [1.29, 1.82) is 0 Å². The van der Waals surface area contributed by atoms with Crippen molar-refractivity contribution in [3.63, 3.8) is 0 Å². The Bertz CT molecular complexity index is 989. The molecule has 0 spiro atoms. The molecule has 2 bridgehead atoms. The topological polar surface area (TPSA) is 70.1 Å². The first-order valence-electron chi connectivity index (χ1n) is 11.3. The number of hydrogen-bond acceptors (Lipinski definition) is 4. The van der Waals surface area contributed by atoms with E-state index < -0.39 is 5.97 Å². The fourth-order valence-corrected chi connectivity index (χ4v) is 4.62. The van der Waals surface area contributed by atoms with Crippen molar-refractivity contribution >= 4 is 17.7 Å². The molecule has 2 aromatic rings. The van der Waals surface area contributed by atoms with Gasteiger partial charge in [0.05, 0.1) is 12.1 Å². The number of carbonyl (C=O) groups excluding carboxylic acids is 1. The molecule has 0 radical (unpaired) electrons. The van der Waals surface area contributed by atoms with Crippen LogP contribution in [-0.4, -0.2) is 47.8 Å². The van der Waals surface area contributed by atoms with E-state index in [1.54, 1.807) is 23.1 Å². The van der Waals surface area contributed by atoms with Crippen LogP contribution in [0.3, 0.4) is 0 Å². The molecule has 3 aliphatic rings. The molecule has 1 N–H and O–H groups in total. The molecule has 0 unspecified atom stereocenters. The lowest BCUT2D eigenvalue weighted by molar-refractivity contribution is -0.0311. The number of fused-ring (bicyclic) bond motifs is 3. The molecule has 0 aliphatic carbocycles. The number of aromatic carboxylic acids is 1. The largest absolute Gasteiger partial charge is 0.478 e. The Labute approximate surface area is 189 Å². The Morgan fingerprint density at radius 2 is 1.81 bits per heavy atom. The van der Waals surface area contributed by atoms with E-state index in [1.807, 2.05) is 24.3 Å². The second kappa shape index (κ2) is 8.94. The normalized spacial score (nSPS) is 22.4. The number of rotatable bonds is 5. The van der Waals surface area contributed by atoms with Gasteiger partial charge in [-0.2, -0.15) is 0 Å². The number of ether oxygens (including phenoxy) is 1. The molecule has 6 heteroatoms. The van der Waals surface area contributed by atoms with E-state index in [-0.39, 0.29) is 29.7 Å². The van der Waals surface area contributed by atoms with E-state index in [0.29, 0.717) is 5.92 Å². The maximum Gasteiger partial charge on any atom is 0.414 e. The standard InChI is InChI=1S/C26H32N2O4/c1-26(2,3)21-8-5-9-22(15-21)28(16-18-6-4-7-20(14-18)24(29)30)25(31)32-23-17-27-12-10-19(23)11-13-27/h4-9,14-15,19,23H,10-13,16-17H2,1-3H3,(H,29,30)/t23-/m0/s1. The van der Waals surface area contributed by atoms with Crippen LogP contribution in [0, 0.1) is 5.92 Å². The van der Waals surface area contributed by atoms with Crippen LogP contribution in [0.4, 0.5) is 10.5 Å². The lowest BCUT2D eigenvalue weighted by Gasteiger charge is -2.44. The summed E-state index contributed by atoms with van der Waals surface area (Å²) in [7, 11) is 0. The molecule has 3 heterocycles. The first-order valence-corrected chi connectivity index (χ1v) is 11.3. The third-order valence-electron chi connectivity index (χ3n) is 6.61. The van der Waals surface area contributed by atoms with Crippen molar-refractivity contribution < 1.29 is 19.4 Å². The Kier molecular flexibility index (Phi) is 6.24. The van der Waals surface area contributed by atoms with Gasteiger partial charge in [0.15, 0.2) is 0 Å². The molecule has 0 aromatic heterocycles. The third-order valence-corrected chi connectivity index (χ3v) is 6.61. The fourth-order valence-electron chi connectivity index (χ4n) is 4.62. The van der Waals surface area contributed by atoms with Crippen molar-refractivity contribution in [2.75, 3.05) is 24.5 Å². The quantitative estimate of drug-likeness (QED) is 0.720. The summed E-state index contributed by atoms with van der Waals surface area (Å²) < 4.78 is 6.05. The van der Waals surface area contributed by atoms with Crippen molar-refractivity contribution in [2.45, 2.75) is 51.7 Å². The number of carboxylic acid groups (broad SMARTS) is 1. The van der Waals surface area contributed by atoms with Gasteiger partial charge in [-0.25, -0.2) is 9.59 Å². The van der Waals surface area contributed by atoms with E-state index in [1.165, 1.54) is 0 Å². The minimum absolute atomic E-state index is 0.0649. The summed E-state index contributed by atoms with van der Waals surface area (Å²) in [5.74, 6) is -0.565. The van der Waals surface area contributed by atoms with Crippen LogP contribution in [0.2, 0.25) is 0 Å². The second-order valence-corrected chi connectivity index (χ2v) is 9.95. The predicted molar refractivity (Wildman–Crippen MR) is 124 cm³/mol.